The van der Waals surface area contributed by atoms with Crippen LogP contribution < -0.4 is 16.8 Å². The van der Waals surface area contributed by atoms with Gasteiger partial charge in [-0.1, -0.05) is 40.2 Å². The minimum Gasteiger partial charge on any atom is -0.382 e. The minimum absolute atomic E-state index is 0.0159. The summed E-state index contributed by atoms with van der Waals surface area (Å²) in [5.74, 6) is 1.84. The Labute approximate surface area is 212 Å². The number of nitrogens with two attached hydrogens (primary N) is 2. The molecule has 1 atom stereocenters. The van der Waals surface area contributed by atoms with Crippen LogP contribution in [0.4, 0.5) is 5.82 Å². The summed E-state index contributed by atoms with van der Waals surface area (Å²) in [5, 5.41) is 11.2. The monoisotopic (exact) mass is 535 g/mol. The molecule has 0 aliphatic heterocycles. The molecule has 1 amide bonds. The number of hydrogen-bond donors (Lipinski definition) is 5. The second-order valence-corrected chi connectivity index (χ2v) is 10.2. The van der Waals surface area contributed by atoms with Gasteiger partial charge in [0.25, 0.3) is 0 Å². The van der Waals surface area contributed by atoms with Crippen molar-refractivity contribution in [3.63, 3.8) is 0 Å². The zero-order chi connectivity index (χ0) is 24.4. The highest BCUT2D eigenvalue weighted by atomic mass is 79.9. The number of imidazole rings is 1. The maximum Gasteiger partial charge on any atom is 0.223 e. The van der Waals surface area contributed by atoms with E-state index >= 15 is 0 Å². The summed E-state index contributed by atoms with van der Waals surface area (Å²) in [6.45, 7) is 0.700. The summed E-state index contributed by atoms with van der Waals surface area (Å²) in [4.78, 5) is 21.4. The molecule has 1 fully saturated rings. The largest absolute Gasteiger partial charge is 0.382 e. The highest BCUT2D eigenvalue weighted by Crippen LogP contribution is 2.31. The predicted molar refractivity (Wildman–Crippen MR) is 141 cm³/mol. The second kappa shape index (κ2) is 10.2. The van der Waals surface area contributed by atoms with Crippen LogP contribution in [0.15, 0.2) is 53.1 Å². The van der Waals surface area contributed by atoms with Gasteiger partial charge in [0, 0.05) is 34.0 Å². The van der Waals surface area contributed by atoms with E-state index in [9.17, 15) is 4.79 Å². The third-order valence-electron chi connectivity index (χ3n) is 7.07. The van der Waals surface area contributed by atoms with Crippen molar-refractivity contribution in [3.8, 4) is 11.3 Å². The zero-order valence-electron chi connectivity index (χ0n) is 19.4. The Morgan fingerprint density at radius 3 is 2.74 bits per heavy atom. The zero-order valence-corrected chi connectivity index (χ0v) is 21.0. The Hall–Kier alpha value is -3.17. The number of rotatable bonds is 7. The van der Waals surface area contributed by atoms with Crippen LogP contribution in [0.2, 0.25) is 0 Å². The van der Waals surface area contributed by atoms with Gasteiger partial charge in [0.1, 0.15) is 5.82 Å². The van der Waals surface area contributed by atoms with Crippen LogP contribution in [0, 0.1) is 11.8 Å². The smallest absolute Gasteiger partial charge is 0.223 e. The van der Waals surface area contributed by atoms with Gasteiger partial charge in [-0.3, -0.25) is 9.89 Å². The Morgan fingerprint density at radius 1 is 1.17 bits per heavy atom. The van der Waals surface area contributed by atoms with E-state index in [1.54, 1.807) is 0 Å². The number of carbonyl (C=O) groups is 1. The van der Waals surface area contributed by atoms with Crippen molar-refractivity contribution < 1.29 is 4.79 Å². The van der Waals surface area contributed by atoms with E-state index < -0.39 is 0 Å². The van der Waals surface area contributed by atoms with E-state index in [0.717, 1.165) is 63.7 Å². The van der Waals surface area contributed by atoms with Gasteiger partial charge < -0.3 is 21.8 Å². The van der Waals surface area contributed by atoms with Crippen molar-refractivity contribution in [2.75, 3.05) is 12.3 Å². The lowest BCUT2D eigenvalue weighted by atomic mass is 9.81. The van der Waals surface area contributed by atoms with Crippen molar-refractivity contribution in [1.82, 2.24) is 25.5 Å². The quantitative estimate of drug-likeness (QED) is 0.237. The number of H-pyrrole nitrogens is 2. The summed E-state index contributed by atoms with van der Waals surface area (Å²) in [6, 6.07) is 13.7. The number of nitrogen functional groups attached to an aromatic ring is 1. The van der Waals surface area contributed by atoms with Crippen molar-refractivity contribution in [2.24, 2.45) is 17.6 Å². The molecule has 4 aromatic rings. The molecule has 0 bridgehead atoms. The SMILES string of the molecule is NC[C@H]1CC[C@H](C(=O)NC(Cc2ccccc2Br)c2nc(-c3ccc4c(N)n[nH]c4c3)c[nH]2)CC1. The number of aromatic nitrogens is 4. The van der Waals surface area contributed by atoms with E-state index in [4.69, 9.17) is 16.5 Å². The lowest BCUT2D eigenvalue weighted by Crippen LogP contribution is -2.37. The molecule has 35 heavy (non-hydrogen) atoms. The summed E-state index contributed by atoms with van der Waals surface area (Å²) in [6.07, 6.45) is 6.28. The second-order valence-electron chi connectivity index (χ2n) is 9.35. The van der Waals surface area contributed by atoms with Crippen LogP contribution in [0.25, 0.3) is 22.2 Å². The number of hydrogen-bond acceptors (Lipinski definition) is 5. The average Bonchev–Trinajstić information content (AvgIpc) is 3.52. The number of aromatic amines is 2. The molecule has 8 nitrogen and oxygen atoms in total. The molecule has 182 valence electrons. The molecule has 1 saturated carbocycles. The van der Waals surface area contributed by atoms with Gasteiger partial charge in [-0.25, -0.2) is 4.98 Å². The first-order chi connectivity index (χ1) is 17.0. The topological polar surface area (TPSA) is 138 Å². The summed E-state index contributed by atoms with van der Waals surface area (Å²) >= 11 is 3.65. The van der Waals surface area contributed by atoms with Crippen molar-refractivity contribution in [3.05, 3.63) is 64.5 Å². The van der Waals surface area contributed by atoms with Crippen molar-refractivity contribution in [2.45, 2.75) is 38.1 Å². The number of nitrogens with one attached hydrogen (secondary N) is 3. The fourth-order valence-corrected chi connectivity index (χ4v) is 5.36. The van der Waals surface area contributed by atoms with Crippen LogP contribution in [-0.4, -0.2) is 32.6 Å². The Bertz CT molecular complexity index is 1320. The summed E-state index contributed by atoms with van der Waals surface area (Å²) in [7, 11) is 0. The molecule has 1 unspecified atom stereocenters. The van der Waals surface area contributed by atoms with Crippen LogP contribution in [0.5, 0.6) is 0 Å². The standard InChI is InChI=1S/C26H30BrN7O/c27-20-4-2-1-3-17(20)11-22(32-26(35)16-7-5-15(13-28)6-8-16)25-30-14-23(31-25)18-9-10-19-21(12-18)33-34-24(19)29/h1-4,9-10,12,14-16,22H,5-8,11,13,28H2,(H,30,31)(H,32,35)(H3,29,33,34)/t15-,16-,22?. The fourth-order valence-electron chi connectivity index (χ4n) is 4.91. The third-order valence-corrected chi connectivity index (χ3v) is 7.84. The molecular formula is C26H30BrN7O. The number of carbonyl (C=O) groups excluding carboxylic acids is 1. The van der Waals surface area contributed by atoms with Crippen LogP contribution >= 0.6 is 15.9 Å². The fraction of sp³-hybridized carbons (Fsp3) is 0.346. The molecule has 0 saturated heterocycles. The Morgan fingerprint density at radius 2 is 1.97 bits per heavy atom. The van der Waals surface area contributed by atoms with Crippen molar-refractivity contribution in [1.29, 1.82) is 0 Å². The van der Waals surface area contributed by atoms with Gasteiger partial charge in [-0.15, -0.1) is 0 Å². The number of anilines is 1. The lowest BCUT2D eigenvalue weighted by Gasteiger charge is -2.28. The molecule has 0 radical (unpaired) electrons. The summed E-state index contributed by atoms with van der Waals surface area (Å²) < 4.78 is 1.01. The van der Waals surface area contributed by atoms with Gasteiger partial charge in [0.2, 0.25) is 5.91 Å². The van der Waals surface area contributed by atoms with Crippen LogP contribution in [-0.2, 0) is 11.2 Å². The van der Waals surface area contributed by atoms with Gasteiger partial charge >= 0.3 is 0 Å². The van der Waals surface area contributed by atoms with Gasteiger partial charge in [-0.2, -0.15) is 5.10 Å². The molecule has 1 aliphatic carbocycles. The van der Waals surface area contributed by atoms with Gasteiger partial charge in [0.05, 0.1) is 17.3 Å². The van der Waals surface area contributed by atoms with E-state index in [0.29, 0.717) is 24.7 Å². The number of benzene rings is 2. The van der Waals surface area contributed by atoms with E-state index in [2.05, 4.69) is 42.5 Å². The Kier molecular flexibility index (Phi) is 6.88. The molecule has 2 aromatic heterocycles. The summed E-state index contributed by atoms with van der Waals surface area (Å²) in [5.41, 5.74) is 15.4. The van der Waals surface area contributed by atoms with Crippen molar-refractivity contribution >= 4 is 38.6 Å². The number of nitrogens with zero attached hydrogens (tertiary/aromatic N) is 2. The first-order valence-corrected chi connectivity index (χ1v) is 12.8. The van der Waals surface area contributed by atoms with Gasteiger partial charge in [0.15, 0.2) is 5.82 Å². The Balaban J connectivity index is 1.39. The van der Waals surface area contributed by atoms with E-state index in [1.807, 2.05) is 42.6 Å². The predicted octanol–water partition coefficient (Wildman–Crippen LogP) is 4.46. The average molecular weight is 536 g/mol. The molecule has 5 rings (SSSR count). The molecule has 7 N–H and O–H groups in total. The highest BCUT2D eigenvalue weighted by molar-refractivity contribution is 9.10. The van der Waals surface area contributed by atoms with E-state index in [1.165, 1.54) is 0 Å². The van der Waals surface area contributed by atoms with Gasteiger partial charge in [-0.05, 0) is 61.9 Å². The van der Waals surface area contributed by atoms with E-state index in [-0.39, 0.29) is 17.9 Å². The maximum atomic E-state index is 13.3. The maximum absolute atomic E-state index is 13.3. The number of fused-ring (bicyclic) bond motifs is 1. The first kappa shape index (κ1) is 23.6. The first-order valence-electron chi connectivity index (χ1n) is 12.0. The highest BCUT2D eigenvalue weighted by Gasteiger charge is 2.28. The van der Waals surface area contributed by atoms with Crippen LogP contribution in [0.1, 0.15) is 43.1 Å². The number of halogens is 1. The normalized spacial score (nSPS) is 19.0. The van der Waals surface area contributed by atoms with Crippen LogP contribution in [0.3, 0.4) is 0 Å². The molecule has 2 aromatic carbocycles. The number of amides is 1. The molecule has 1 aliphatic rings. The molecular weight excluding hydrogens is 506 g/mol. The molecule has 2 heterocycles. The minimum atomic E-state index is -0.284. The third kappa shape index (κ3) is 5.11. The molecule has 9 heteroatoms. The molecule has 0 spiro atoms. The lowest BCUT2D eigenvalue weighted by molar-refractivity contribution is -0.127.